The second-order valence-electron chi connectivity index (χ2n) is 3.62. The molecule has 5 nitrogen and oxygen atoms in total. The second kappa shape index (κ2) is 5.09. The number of thiazole rings is 1. The number of nitrogens with zero attached hydrogens (tertiary/aromatic N) is 1. The van der Waals surface area contributed by atoms with Gasteiger partial charge < -0.3 is 11.1 Å². The van der Waals surface area contributed by atoms with E-state index in [-0.39, 0.29) is 18.1 Å². The lowest BCUT2D eigenvalue weighted by molar-refractivity contribution is 0.250. The first kappa shape index (κ1) is 11.9. The number of amides is 2. The van der Waals surface area contributed by atoms with Crippen LogP contribution in [-0.2, 0) is 0 Å². The van der Waals surface area contributed by atoms with Gasteiger partial charge in [0.1, 0.15) is 0 Å². The Kier molecular flexibility index (Phi) is 4.05. The molecule has 6 heteroatoms. The summed E-state index contributed by atoms with van der Waals surface area (Å²) in [6, 6.07) is -0.238. The highest BCUT2D eigenvalue weighted by molar-refractivity contribution is 7.13. The minimum Gasteiger partial charge on any atom is -0.336 e. The Bertz CT molecular complexity index is 335. The Morgan fingerprint density at radius 1 is 1.53 bits per heavy atom. The van der Waals surface area contributed by atoms with Gasteiger partial charge in [-0.3, -0.25) is 5.32 Å². The number of rotatable bonds is 3. The van der Waals surface area contributed by atoms with Crippen LogP contribution in [0.2, 0.25) is 0 Å². The number of anilines is 1. The van der Waals surface area contributed by atoms with Gasteiger partial charge in [-0.2, -0.15) is 0 Å². The summed E-state index contributed by atoms with van der Waals surface area (Å²) < 4.78 is 0. The summed E-state index contributed by atoms with van der Waals surface area (Å²) in [4.78, 5) is 15.5. The number of hydrogen-bond donors (Lipinski definition) is 3. The predicted molar refractivity (Wildman–Crippen MR) is 62.0 cm³/mol. The molecule has 1 unspecified atom stereocenters. The SMILES string of the molecule is CC(C)NC(=O)Nc1nc(C(C)N)cs1. The summed E-state index contributed by atoms with van der Waals surface area (Å²) >= 11 is 1.37. The van der Waals surface area contributed by atoms with Crippen molar-refractivity contribution in [2.24, 2.45) is 5.73 Å². The van der Waals surface area contributed by atoms with Crippen LogP contribution in [0.5, 0.6) is 0 Å². The molecule has 1 aromatic heterocycles. The van der Waals surface area contributed by atoms with Crippen molar-refractivity contribution < 1.29 is 4.79 Å². The molecule has 1 heterocycles. The van der Waals surface area contributed by atoms with Gasteiger partial charge >= 0.3 is 6.03 Å². The molecule has 0 fully saturated rings. The van der Waals surface area contributed by atoms with E-state index in [1.54, 1.807) is 0 Å². The van der Waals surface area contributed by atoms with Crippen molar-refractivity contribution in [3.8, 4) is 0 Å². The minimum absolute atomic E-state index is 0.107. The second-order valence-corrected chi connectivity index (χ2v) is 4.48. The number of aromatic nitrogens is 1. The van der Waals surface area contributed by atoms with Gasteiger partial charge in [0.15, 0.2) is 5.13 Å². The quantitative estimate of drug-likeness (QED) is 0.736. The molecule has 0 radical (unpaired) electrons. The van der Waals surface area contributed by atoms with Gasteiger partial charge in [0, 0.05) is 17.5 Å². The smallest absolute Gasteiger partial charge is 0.321 e. The molecule has 2 amide bonds. The van der Waals surface area contributed by atoms with Gasteiger partial charge in [0.2, 0.25) is 0 Å². The fourth-order valence-corrected chi connectivity index (χ4v) is 1.76. The van der Waals surface area contributed by atoms with Crippen molar-refractivity contribution in [2.45, 2.75) is 32.9 Å². The standard InChI is InChI=1S/C9H16N4OS/c1-5(2)11-8(14)13-9-12-7(4-15-9)6(3)10/h4-6H,10H2,1-3H3,(H2,11,12,13,14). The third-order valence-electron chi connectivity index (χ3n) is 1.63. The summed E-state index contributed by atoms with van der Waals surface area (Å²) in [6.45, 7) is 5.65. The third-order valence-corrected chi connectivity index (χ3v) is 2.40. The van der Waals surface area contributed by atoms with Crippen LogP contribution in [0.1, 0.15) is 32.5 Å². The topological polar surface area (TPSA) is 80.0 Å². The number of carbonyl (C=O) groups is 1. The van der Waals surface area contributed by atoms with Gasteiger partial charge in [0.05, 0.1) is 5.69 Å². The van der Waals surface area contributed by atoms with Crippen molar-refractivity contribution in [1.29, 1.82) is 0 Å². The monoisotopic (exact) mass is 228 g/mol. The average molecular weight is 228 g/mol. The molecular weight excluding hydrogens is 212 g/mol. The van der Waals surface area contributed by atoms with Gasteiger partial charge in [-0.1, -0.05) is 0 Å². The van der Waals surface area contributed by atoms with E-state index >= 15 is 0 Å². The predicted octanol–water partition coefficient (Wildman–Crippen LogP) is 1.69. The maximum Gasteiger partial charge on any atom is 0.321 e. The molecule has 0 saturated heterocycles. The lowest BCUT2D eigenvalue weighted by atomic mass is 10.3. The molecular formula is C9H16N4OS. The maximum atomic E-state index is 11.3. The Morgan fingerprint density at radius 2 is 2.20 bits per heavy atom. The molecule has 0 aromatic carbocycles. The Hall–Kier alpha value is -1.14. The van der Waals surface area contributed by atoms with Crippen LogP contribution in [0.4, 0.5) is 9.93 Å². The minimum atomic E-state index is -0.240. The largest absolute Gasteiger partial charge is 0.336 e. The highest BCUT2D eigenvalue weighted by Gasteiger charge is 2.08. The Morgan fingerprint density at radius 3 is 2.67 bits per heavy atom. The molecule has 0 aliphatic heterocycles. The van der Waals surface area contributed by atoms with Crippen LogP contribution in [0.25, 0.3) is 0 Å². The number of hydrogen-bond acceptors (Lipinski definition) is 4. The first-order chi connectivity index (χ1) is 6.99. The number of carbonyl (C=O) groups excluding carboxylic acids is 1. The molecule has 0 bridgehead atoms. The fraction of sp³-hybridized carbons (Fsp3) is 0.556. The van der Waals surface area contributed by atoms with Gasteiger partial charge in [-0.05, 0) is 20.8 Å². The van der Waals surface area contributed by atoms with Crippen molar-refractivity contribution in [3.05, 3.63) is 11.1 Å². The highest BCUT2D eigenvalue weighted by atomic mass is 32.1. The normalized spacial score (nSPS) is 12.6. The number of nitrogens with one attached hydrogen (secondary N) is 2. The molecule has 4 N–H and O–H groups in total. The number of nitrogens with two attached hydrogens (primary N) is 1. The van der Waals surface area contributed by atoms with E-state index in [2.05, 4.69) is 15.6 Å². The fourth-order valence-electron chi connectivity index (χ4n) is 0.948. The van der Waals surface area contributed by atoms with Gasteiger partial charge in [0.25, 0.3) is 0 Å². The van der Waals surface area contributed by atoms with Gasteiger partial charge in [-0.15, -0.1) is 11.3 Å². The molecule has 0 saturated carbocycles. The van der Waals surface area contributed by atoms with Crippen molar-refractivity contribution >= 4 is 22.5 Å². The third kappa shape index (κ3) is 3.85. The first-order valence-corrected chi connectivity index (χ1v) is 5.65. The molecule has 0 aliphatic carbocycles. The molecule has 15 heavy (non-hydrogen) atoms. The van der Waals surface area contributed by atoms with Crippen molar-refractivity contribution in [1.82, 2.24) is 10.3 Å². The van der Waals surface area contributed by atoms with E-state index in [1.807, 2.05) is 26.2 Å². The Balaban J connectivity index is 2.53. The number of urea groups is 1. The summed E-state index contributed by atoms with van der Waals surface area (Å²) in [7, 11) is 0. The zero-order valence-electron chi connectivity index (χ0n) is 9.07. The molecule has 84 valence electrons. The van der Waals surface area contributed by atoms with E-state index in [1.165, 1.54) is 11.3 Å². The Labute approximate surface area is 93.1 Å². The average Bonchev–Trinajstić information content (AvgIpc) is 2.50. The van der Waals surface area contributed by atoms with Crippen LogP contribution in [-0.4, -0.2) is 17.1 Å². The lowest BCUT2D eigenvalue weighted by Crippen LogP contribution is -2.34. The van der Waals surface area contributed by atoms with Crippen LogP contribution in [0, 0.1) is 0 Å². The van der Waals surface area contributed by atoms with Crippen molar-refractivity contribution in [3.63, 3.8) is 0 Å². The summed E-state index contributed by atoms with van der Waals surface area (Å²) in [6.07, 6.45) is 0. The first-order valence-electron chi connectivity index (χ1n) is 4.77. The maximum absolute atomic E-state index is 11.3. The van der Waals surface area contributed by atoms with Crippen molar-refractivity contribution in [2.75, 3.05) is 5.32 Å². The van der Waals surface area contributed by atoms with Crippen LogP contribution in [0.15, 0.2) is 5.38 Å². The molecule has 1 aromatic rings. The van der Waals surface area contributed by atoms with E-state index in [9.17, 15) is 4.79 Å². The van der Waals surface area contributed by atoms with E-state index in [0.717, 1.165) is 5.69 Å². The van der Waals surface area contributed by atoms with Crippen LogP contribution in [0.3, 0.4) is 0 Å². The van der Waals surface area contributed by atoms with Crippen LogP contribution >= 0.6 is 11.3 Å². The van der Waals surface area contributed by atoms with Crippen LogP contribution < -0.4 is 16.4 Å². The zero-order valence-corrected chi connectivity index (χ0v) is 9.89. The summed E-state index contributed by atoms with van der Waals surface area (Å²) in [5, 5.41) is 7.78. The van der Waals surface area contributed by atoms with Gasteiger partial charge in [-0.25, -0.2) is 9.78 Å². The zero-order chi connectivity index (χ0) is 11.4. The lowest BCUT2D eigenvalue weighted by Gasteiger charge is -2.07. The summed E-state index contributed by atoms with van der Waals surface area (Å²) in [5.74, 6) is 0. The summed E-state index contributed by atoms with van der Waals surface area (Å²) in [5.41, 5.74) is 6.45. The highest BCUT2D eigenvalue weighted by Crippen LogP contribution is 2.18. The molecule has 1 rings (SSSR count). The molecule has 1 atom stereocenters. The molecule has 0 spiro atoms. The van der Waals surface area contributed by atoms with E-state index < -0.39 is 0 Å². The van der Waals surface area contributed by atoms with E-state index in [4.69, 9.17) is 5.73 Å². The molecule has 0 aliphatic rings. The van der Waals surface area contributed by atoms with E-state index in [0.29, 0.717) is 5.13 Å².